The Hall–Kier alpha value is -11.2. The van der Waals surface area contributed by atoms with E-state index in [1.807, 2.05) is 138 Å². The number of benzene rings is 5. The van der Waals surface area contributed by atoms with Crippen LogP contribution in [0.3, 0.4) is 0 Å². The molecule has 7 aromatic heterocycles. The molecule has 0 amide bonds. The summed E-state index contributed by atoms with van der Waals surface area (Å²) in [5.74, 6) is 3.81. The first-order valence-corrected chi connectivity index (χ1v) is 36.5. The third-order valence-electron chi connectivity index (χ3n) is 18.4. The van der Waals surface area contributed by atoms with Gasteiger partial charge in [0.25, 0.3) is 0 Å². The quantitative estimate of drug-likeness (QED) is 0.0903. The minimum absolute atomic E-state index is 0.0419. The SMILES string of the molecule is CCOC(=O)C[C@@H]1N=C(c2ccc(Nc3cccnc3)cc2)c2c(sc(C)c2C)-n2c(C)nnc21.COC(=O)C[C@@H]1N=C(c2ccc(-c3cccc(C#N)c3)cc2)c2c(sc(C)c2C)-n2c(C)nnc21.Cc1sc2c(c1C)C(c1ccc(Cl)cc1)=N[C@@H](CC(=O)Cc1ccc(O)cc1)c1nnc(C)n1-2. The molecule has 3 aliphatic heterocycles. The number of ketones is 1. The summed E-state index contributed by atoms with van der Waals surface area (Å²) in [6.45, 7) is 20.5. The van der Waals surface area contributed by atoms with Crippen molar-refractivity contribution < 1.29 is 29.0 Å². The first kappa shape index (κ1) is 71.2. The molecule has 0 saturated carbocycles. The van der Waals surface area contributed by atoms with E-state index in [0.717, 1.165) is 128 Å². The number of aliphatic imine (C=N–C) groups is 3. The molecule has 524 valence electrons. The van der Waals surface area contributed by atoms with Crippen LogP contribution in [0.2, 0.25) is 5.02 Å². The topological polar surface area (TPSA) is 268 Å². The molecule has 21 nitrogen and oxygen atoms in total. The van der Waals surface area contributed by atoms with E-state index in [0.29, 0.717) is 34.7 Å². The number of nitrogens with zero attached hydrogens (tertiary/aromatic N) is 14. The Morgan fingerprint density at radius 2 is 0.990 bits per heavy atom. The molecular formula is C79H72ClN15O6S3. The number of aromatic nitrogens is 10. The first-order chi connectivity index (χ1) is 50.2. The number of methoxy groups -OCH3 is 1. The van der Waals surface area contributed by atoms with Crippen molar-refractivity contribution >= 4 is 91.8 Å². The van der Waals surface area contributed by atoms with E-state index in [2.05, 4.69) is 88.5 Å². The summed E-state index contributed by atoms with van der Waals surface area (Å²) >= 11 is 11.2. The minimum atomic E-state index is -0.523. The van der Waals surface area contributed by atoms with Crippen molar-refractivity contribution in [1.82, 2.24) is 49.3 Å². The van der Waals surface area contributed by atoms with E-state index < -0.39 is 18.1 Å². The molecular weight excluding hydrogens is 1390 g/mol. The summed E-state index contributed by atoms with van der Waals surface area (Å²) in [5, 5.41) is 52.1. The second kappa shape index (κ2) is 30.4. The Morgan fingerprint density at radius 3 is 1.44 bits per heavy atom. The third kappa shape index (κ3) is 14.5. The van der Waals surface area contributed by atoms with E-state index >= 15 is 0 Å². The van der Waals surface area contributed by atoms with Gasteiger partial charge in [-0.15, -0.1) is 64.6 Å². The fourth-order valence-corrected chi connectivity index (χ4v) is 16.6. The summed E-state index contributed by atoms with van der Waals surface area (Å²) in [7, 11) is 1.38. The van der Waals surface area contributed by atoms with Crippen LogP contribution in [0.4, 0.5) is 11.4 Å². The number of carbonyl (C=O) groups excluding carboxylic acids is 3. The molecule has 0 aliphatic carbocycles. The van der Waals surface area contributed by atoms with Crippen LogP contribution >= 0.6 is 45.6 Å². The van der Waals surface area contributed by atoms with Crippen molar-refractivity contribution in [2.75, 3.05) is 19.0 Å². The maximum atomic E-state index is 13.1. The number of esters is 2. The molecule has 12 aromatic rings. The summed E-state index contributed by atoms with van der Waals surface area (Å²) in [6, 6.07) is 42.8. The van der Waals surface area contributed by atoms with Gasteiger partial charge in [0.1, 0.15) is 62.1 Å². The number of aromatic hydroxyl groups is 1. The average molecular weight is 1460 g/mol. The molecule has 104 heavy (non-hydrogen) atoms. The number of nitrogens with one attached hydrogen (secondary N) is 1. The van der Waals surface area contributed by atoms with Crippen LogP contribution in [-0.2, 0) is 30.3 Å². The molecule has 0 saturated heterocycles. The lowest BCUT2D eigenvalue weighted by Gasteiger charge is -2.13. The number of phenols is 1. The van der Waals surface area contributed by atoms with E-state index in [1.165, 1.54) is 21.7 Å². The van der Waals surface area contributed by atoms with Crippen molar-refractivity contribution in [3.05, 3.63) is 262 Å². The van der Waals surface area contributed by atoms with Gasteiger partial charge in [0.05, 0.1) is 67.2 Å². The van der Waals surface area contributed by atoms with Gasteiger partial charge in [0, 0.05) is 77.8 Å². The molecule has 25 heteroatoms. The number of hydrogen-bond acceptors (Lipinski definition) is 21. The molecule has 3 aliphatic rings. The second-order valence-corrected chi connectivity index (χ2v) is 29.3. The van der Waals surface area contributed by atoms with Gasteiger partial charge in [-0.1, -0.05) is 84.4 Å². The lowest BCUT2D eigenvalue weighted by atomic mass is 9.96. The van der Waals surface area contributed by atoms with E-state index in [9.17, 15) is 24.8 Å². The van der Waals surface area contributed by atoms with Crippen molar-refractivity contribution in [1.29, 1.82) is 5.26 Å². The molecule has 0 spiro atoms. The Labute approximate surface area is 618 Å². The highest BCUT2D eigenvalue weighted by Crippen LogP contribution is 2.44. The van der Waals surface area contributed by atoms with Crippen LogP contribution in [-0.4, -0.2) is 103 Å². The Kier molecular flexibility index (Phi) is 20.8. The van der Waals surface area contributed by atoms with Gasteiger partial charge in [0.15, 0.2) is 17.5 Å². The van der Waals surface area contributed by atoms with Crippen molar-refractivity contribution in [2.45, 2.75) is 113 Å². The summed E-state index contributed by atoms with van der Waals surface area (Å²) < 4.78 is 16.3. The molecule has 10 heterocycles. The van der Waals surface area contributed by atoms with Crippen LogP contribution in [0.5, 0.6) is 5.75 Å². The number of aryl methyl sites for hydroxylation is 6. The maximum absolute atomic E-state index is 13.1. The highest BCUT2D eigenvalue weighted by Gasteiger charge is 2.36. The number of thiophene rings is 3. The predicted molar refractivity (Wildman–Crippen MR) is 407 cm³/mol. The number of Topliss-reactive ketones (excluding diaryl/α,β-unsaturated/α-hetero) is 1. The fourth-order valence-electron chi connectivity index (χ4n) is 12.8. The van der Waals surface area contributed by atoms with Gasteiger partial charge >= 0.3 is 11.9 Å². The Morgan fingerprint density at radius 1 is 0.538 bits per heavy atom. The highest BCUT2D eigenvalue weighted by molar-refractivity contribution is 7.15. The maximum Gasteiger partial charge on any atom is 0.308 e. The van der Waals surface area contributed by atoms with E-state index in [1.54, 1.807) is 83.7 Å². The normalized spacial score (nSPS) is 14.6. The van der Waals surface area contributed by atoms with Crippen LogP contribution in [0, 0.1) is 73.6 Å². The minimum Gasteiger partial charge on any atom is -0.508 e. The number of rotatable bonds is 15. The average Bonchev–Trinajstić information content (AvgIpc) is 1.60. The summed E-state index contributed by atoms with van der Waals surface area (Å²) in [6.07, 6.45) is 4.16. The summed E-state index contributed by atoms with van der Waals surface area (Å²) in [4.78, 5) is 61.0. The van der Waals surface area contributed by atoms with Gasteiger partial charge in [-0.2, -0.15) is 5.26 Å². The molecule has 15 rings (SSSR count). The van der Waals surface area contributed by atoms with Crippen LogP contribution < -0.4 is 5.32 Å². The van der Waals surface area contributed by atoms with Gasteiger partial charge in [-0.25, -0.2) is 0 Å². The molecule has 5 aromatic carbocycles. The highest BCUT2D eigenvalue weighted by atomic mass is 35.5. The number of phenolic OH excluding ortho intramolecular Hbond substituents is 1. The Bertz CT molecular complexity index is 5410. The molecule has 0 unspecified atom stereocenters. The first-order valence-electron chi connectivity index (χ1n) is 33.7. The van der Waals surface area contributed by atoms with Crippen molar-refractivity contribution in [2.24, 2.45) is 15.0 Å². The lowest BCUT2D eigenvalue weighted by molar-refractivity contribution is -0.143. The van der Waals surface area contributed by atoms with Gasteiger partial charge in [0.2, 0.25) is 0 Å². The number of hydrogen-bond donors (Lipinski definition) is 2. The van der Waals surface area contributed by atoms with Crippen LogP contribution in [0.15, 0.2) is 161 Å². The van der Waals surface area contributed by atoms with Gasteiger partial charge < -0.3 is 19.9 Å². The third-order valence-corrected chi connectivity index (χ3v) is 22.3. The zero-order valence-electron chi connectivity index (χ0n) is 59.0. The second-order valence-electron chi connectivity index (χ2n) is 25.3. The predicted octanol–water partition coefficient (Wildman–Crippen LogP) is 16.2. The molecule has 0 bridgehead atoms. The Balaban J connectivity index is 0.000000139. The number of fused-ring (bicyclic) bond motifs is 9. The zero-order chi connectivity index (χ0) is 73.2. The summed E-state index contributed by atoms with van der Waals surface area (Å²) in [5.41, 5.74) is 17.3. The molecule has 0 radical (unpaired) electrons. The monoisotopic (exact) mass is 1460 g/mol. The van der Waals surface area contributed by atoms with Gasteiger partial charge in [-0.05, 0) is 163 Å². The lowest BCUT2D eigenvalue weighted by Crippen LogP contribution is -2.13. The zero-order valence-corrected chi connectivity index (χ0v) is 62.2. The molecule has 0 fully saturated rings. The van der Waals surface area contributed by atoms with Crippen LogP contribution in [0.1, 0.15) is 155 Å². The number of halogens is 1. The van der Waals surface area contributed by atoms with E-state index in [4.69, 9.17) is 36.1 Å². The fraction of sp³-hybridized carbons (Fsp3) is 0.241. The smallest absolute Gasteiger partial charge is 0.308 e. The largest absolute Gasteiger partial charge is 0.508 e. The van der Waals surface area contributed by atoms with Crippen LogP contribution in [0.25, 0.3) is 26.1 Å². The number of pyridine rings is 1. The number of carbonyl (C=O) groups is 3. The number of ether oxygens (including phenoxy) is 2. The van der Waals surface area contributed by atoms with Crippen molar-refractivity contribution in [3.8, 4) is 37.9 Å². The number of anilines is 2. The van der Waals surface area contributed by atoms with Gasteiger partial charge in [-0.3, -0.25) is 48.0 Å². The molecule has 3 atom stereocenters. The standard InChI is InChI=1S/C27H23N5O2S.C26H23ClN4O2S.C26H26N6O2S/c1-15-16(2)35-27-24(15)25(29-22(13-23(33)34-4)26-31-30-17(3)32(26)27)20-10-8-19(9-11-20)21-7-5-6-18(12-21)14-28;1-14-15(2)34-26-23(14)24(18-6-8-19(27)9-7-18)28-22(25-30-29-16(3)31(25)26)13-21(33)12-17-4-10-20(32)11-5-17;1-5-34-22(33)13-21-25-31-30-17(4)32(25)26-23(15(2)16(3)35-26)24(29-21)18-8-10-19(11-9-18)28-20-7-6-12-27-14-20/h5-12,22H,13H2,1-4H3;4-11,22,32H,12-13H2,1-3H3;6-12,14,21,28H,5,13H2,1-4H3/t2*22-;21-/m000/s1. The van der Waals surface area contributed by atoms with Crippen molar-refractivity contribution in [3.63, 3.8) is 0 Å². The molecule has 2 N–H and O–H groups in total. The number of nitriles is 1. The van der Waals surface area contributed by atoms with E-state index in [-0.39, 0.29) is 49.2 Å².